The first-order valence-corrected chi connectivity index (χ1v) is 52.7. The van der Waals surface area contributed by atoms with Gasteiger partial charge in [0.2, 0.25) is 100 Å². The van der Waals surface area contributed by atoms with Crippen LogP contribution in [0, 0.1) is 33.0 Å². The summed E-state index contributed by atoms with van der Waals surface area (Å²) in [5, 5.41) is 95.7. The van der Waals surface area contributed by atoms with Crippen LogP contribution in [0.2, 0.25) is 0 Å². The first-order valence-electron chi connectivity index (χ1n) is 49.3. The third-order valence-electron chi connectivity index (χ3n) is 24.3. The molecule has 0 saturated carbocycles. The van der Waals surface area contributed by atoms with E-state index in [9.17, 15) is 24.3 Å². The maximum Gasteiger partial charge on any atom is 0.326 e. The summed E-state index contributed by atoms with van der Waals surface area (Å²) in [6.07, 6.45) is -1.78. The average Bonchev–Trinajstić information content (AvgIpc) is 1.22. The van der Waals surface area contributed by atoms with Crippen molar-refractivity contribution in [2.45, 2.75) is 247 Å². The summed E-state index contributed by atoms with van der Waals surface area (Å²) >= 11 is 2.86. The van der Waals surface area contributed by atoms with Crippen molar-refractivity contribution in [3.05, 3.63) is 71.9 Å². The van der Waals surface area contributed by atoms with Crippen LogP contribution in [0.25, 0.3) is 10.9 Å². The topological polar surface area (TPSA) is 862 Å². The van der Waals surface area contributed by atoms with Crippen LogP contribution >= 0.6 is 35.3 Å². The largest absolute Gasteiger partial charge is 0.480 e. The van der Waals surface area contributed by atoms with Crippen LogP contribution in [0.4, 0.5) is 0 Å². The predicted molar refractivity (Wildman–Crippen MR) is 555 cm³/mol. The molecule has 148 heavy (non-hydrogen) atoms. The van der Waals surface area contributed by atoms with Gasteiger partial charge in [0.1, 0.15) is 78.5 Å². The minimum absolute atomic E-state index is 0.00761. The number of nitrogens with one attached hydrogen (secondary N) is 23. The number of thioether (sulfide) groups is 3. The molecule has 0 unspecified atom stereocenters. The van der Waals surface area contributed by atoms with Gasteiger partial charge in [-0.15, -0.1) is 0 Å². The molecule has 2 aromatic carbocycles. The quantitative estimate of drug-likeness (QED) is 0.0144. The third-order valence-corrected chi connectivity index (χ3v) is 27.5. The number of rotatable bonds is 38. The number of H-pyrrole nitrogens is 1. The monoisotopic (exact) mass is 2130 g/mol. The van der Waals surface area contributed by atoms with E-state index in [2.05, 4.69) is 95.4 Å². The highest BCUT2D eigenvalue weighted by Crippen LogP contribution is 2.25. The van der Waals surface area contributed by atoms with Gasteiger partial charge in [-0.3, -0.25) is 109 Å². The molecule has 816 valence electrons. The summed E-state index contributed by atoms with van der Waals surface area (Å²) in [5.74, 6) is -21.3. The van der Waals surface area contributed by atoms with Crippen LogP contribution in [0.1, 0.15) is 160 Å². The average molecular weight is 2130 g/mol. The van der Waals surface area contributed by atoms with Crippen molar-refractivity contribution in [2.24, 2.45) is 46.1 Å². The third kappa shape index (κ3) is 42.0. The zero-order chi connectivity index (χ0) is 109. The minimum Gasteiger partial charge on any atom is -0.480 e. The number of carbonyl (C=O) groups is 18. The molecule has 0 radical (unpaired) electrons. The Hall–Kier alpha value is -14.2. The smallest absolute Gasteiger partial charge is 0.326 e. The molecule has 38 N–H and O–H groups in total. The summed E-state index contributed by atoms with van der Waals surface area (Å²) < 4.78 is 0. The predicted octanol–water partition coefficient (Wildman–Crippen LogP) is -6.63. The Balaban J connectivity index is 1.37. The summed E-state index contributed by atoms with van der Waals surface area (Å²) in [4.78, 5) is 276. The van der Waals surface area contributed by atoms with Crippen LogP contribution in [-0.4, -0.2) is 344 Å². The number of nitrogens with zero attached hydrogens (tertiary/aromatic N) is 4. The maximum atomic E-state index is 15.5. The summed E-state index contributed by atoms with van der Waals surface area (Å²) in [6.45, 7) is 3.62. The number of hydrogen-bond donors (Lipinski definition) is 31. The van der Waals surface area contributed by atoms with E-state index in [4.69, 9.17) is 67.2 Å². The lowest BCUT2D eigenvalue weighted by atomic mass is 10.0. The number of aliphatic carboxylic acids is 1. The Morgan fingerprint density at radius 3 is 1.45 bits per heavy atom. The molecule has 53 nitrogen and oxygen atoms in total. The molecule has 4 saturated heterocycles. The highest BCUT2D eigenvalue weighted by molar-refractivity contribution is 7.99. The second kappa shape index (κ2) is 62.7. The van der Waals surface area contributed by atoms with Crippen molar-refractivity contribution in [3.63, 3.8) is 0 Å². The second-order valence-electron chi connectivity index (χ2n) is 36.7. The zero-order valence-electron chi connectivity index (χ0n) is 83.4. The van der Waals surface area contributed by atoms with E-state index in [0.717, 1.165) is 35.3 Å². The Bertz CT molecular complexity index is 5120. The Kier molecular flexibility index (Phi) is 51.2. The van der Waals surface area contributed by atoms with E-state index in [-0.39, 0.29) is 184 Å². The number of nitrogens with two attached hydrogens (primary N) is 7. The number of hydrogen-bond acceptors (Lipinski definition) is 27. The summed E-state index contributed by atoms with van der Waals surface area (Å²) in [7, 11) is 0. The Morgan fingerprint density at radius 2 is 0.932 bits per heavy atom. The van der Waals surface area contributed by atoms with E-state index in [1.165, 1.54) is 19.6 Å². The summed E-state index contributed by atoms with van der Waals surface area (Å²) in [6, 6.07) is -6.56. The van der Waals surface area contributed by atoms with Gasteiger partial charge in [0.15, 0.2) is 29.8 Å². The molecule has 4 fully saturated rings. The molecular formula is C92H146N34O19S3. The first-order chi connectivity index (χ1) is 70.5. The van der Waals surface area contributed by atoms with Crippen molar-refractivity contribution in [2.75, 3.05) is 93.8 Å². The van der Waals surface area contributed by atoms with Crippen LogP contribution in [-0.2, 0) is 99.1 Å². The van der Waals surface area contributed by atoms with Gasteiger partial charge in [-0.2, -0.15) is 35.3 Å². The molecule has 4 bridgehead atoms. The number of carboxylic acid groups (broad SMARTS) is 1. The number of guanidine groups is 5. The SMILES string of the molecule is CCC[C@@H]1NC(=O)[C@H](CCCNC(=N)N)NC(=O)[C@H](Cc2ccccc2)NC(=O)[C@@H](NC(=O)[C@@H](N)CCCNC(=N)N)CSCCC(=O)N2CN3CN(C2)C(=O)CCSC[C@H](NC(=O)[C@@H]2CCCN2C1=O)C(=O)N[C@@H](CCCNC(=N)N)C(=O)N[C@@H](CCC(N)=O)C(=O)N[C@@H](CC(C)C)C(=O)N[C@@H](CCCNC(=N)N)C(=O)N[C@H](C(=O)N[C@@H](CCCNC(=N)N)C(=O)N[C@@H](Cc1c[nH]c2ccccc12)C(=O)O)CSCCC3=O. The standard InChI is InChI=1S/C92H146N34O19S3/c1-4-16-62-86(143)126-37-15-26-69(126)85(142)122-68-47-148-40-31-73(130)125-49-123(71(128)29-38-146-45-66(120-74(131)55(93)20-10-32-105-88(95)96)84(141)118-64(42-52-17-6-5-7-18-52)81(138)112-58(76(133)116-62)23-12-34-107-90(99)100)48-124(50-125)72(129)30-39-147-46-67(82(139)114-59(24-13-35-108-91(101)102)77(134)119-65(87(144)145)43-53-44-110-56-21-9-8-19-54(53)56)121-78(135)60(25-14-36-109-92(103)104)111-80(137)63(41-51(2)3)117-79(136)61(27-28-70(94)127)115-75(132)57(113-83(68)140)22-11-33-106-89(97)98/h5-9,17-19,21,44,51,55,57-69,110H,4,10-16,20,22-43,45-50,93H2,1-3H3,(H2,94,127)(H,111,137)(H,112,138)(H,113,140)(H,114,139)(H,115,132)(H,116,133)(H,117,136)(H,118,141)(H,119,134)(H,120,131)(H,121,135)(H,122,142)(H,144,145)(H4,95,96,105)(H4,97,98,106)(H4,99,100,107)(H4,101,102,108)(H4,103,104,109)/t55-,57-,58-,59-,60-,61-,62-,63-,64-,65-,66-,67-,68-,69-/m0/s1. The van der Waals surface area contributed by atoms with Gasteiger partial charge in [-0.05, 0) is 119 Å². The highest BCUT2D eigenvalue weighted by atomic mass is 32.2. The van der Waals surface area contributed by atoms with Gasteiger partial charge in [-0.1, -0.05) is 75.7 Å². The number of primary amides is 1. The van der Waals surface area contributed by atoms with Gasteiger partial charge in [0.05, 0.1) is 26.0 Å². The van der Waals surface area contributed by atoms with Gasteiger partial charge in [-0.25, -0.2) is 4.79 Å². The molecule has 3 aromatic rings. The Labute approximate surface area is 869 Å². The van der Waals surface area contributed by atoms with Gasteiger partial charge in [0.25, 0.3) is 0 Å². The van der Waals surface area contributed by atoms with Crippen LogP contribution in [0.15, 0.2) is 60.8 Å². The number of fused-ring (bicyclic) bond motifs is 9. The molecule has 0 spiro atoms. The minimum atomic E-state index is -1.78. The normalized spacial score (nSPS) is 22.3. The van der Waals surface area contributed by atoms with Crippen LogP contribution in [0.3, 0.4) is 0 Å². The fourth-order valence-corrected chi connectivity index (χ4v) is 19.4. The molecule has 1 aromatic heterocycles. The molecule has 5 heterocycles. The Morgan fingerprint density at radius 1 is 0.480 bits per heavy atom. The molecule has 7 rings (SSSR count). The van der Waals surface area contributed by atoms with Crippen LogP contribution in [0.5, 0.6) is 0 Å². The molecular weight excluding hydrogens is 1980 g/mol. The highest BCUT2D eigenvalue weighted by Gasteiger charge is 2.43. The number of para-hydroxylation sites is 1. The second-order valence-corrected chi connectivity index (χ2v) is 40.1. The van der Waals surface area contributed by atoms with Crippen molar-refractivity contribution in [1.29, 1.82) is 27.0 Å². The van der Waals surface area contributed by atoms with E-state index in [1.807, 2.05) is 0 Å². The van der Waals surface area contributed by atoms with Gasteiger partial charge < -0.3 is 160 Å². The molecule has 0 aliphatic carbocycles. The van der Waals surface area contributed by atoms with Gasteiger partial charge in [0, 0.05) is 129 Å². The molecule has 4 aliphatic rings. The fourth-order valence-electron chi connectivity index (χ4n) is 16.6. The van der Waals surface area contributed by atoms with E-state index in [1.54, 1.807) is 81.6 Å². The number of carbonyl (C=O) groups excluding carboxylic acids is 17. The fraction of sp³-hybridized carbons (Fsp3) is 0.598. The molecule has 17 amide bonds. The number of amides is 17. The maximum absolute atomic E-state index is 15.5. The van der Waals surface area contributed by atoms with Crippen molar-refractivity contribution >= 4 is 182 Å². The lowest BCUT2D eigenvalue weighted by Crippen LogP contribution is -2.61. The molecule has 14 atom stereocenters. The van der Waals surface area contributed by atoms with E-state index >= 15 is 67.1 Å². The van der Waals surface area contributed by atoms with Crippen molar-refractivity contribution in [1.82, 2.24) is 115 Å². The first kappa shape index (κ1) is 121. The zero-order valence-corrected chi connectivity index (χ0v) is 85.9. The van der Waals surface area contributed by atoms with E-state index in [0.29, 0.717) is 22.0 Å². The van der Waals surface area contributed by atoms with Crippen molar-refractivity contribution < 1.29 is 91.4 Å². The summed E-state index contributed by atoms with van der Waals surface area (Å²) in [5.41, 5.74) is 41.9. The lowest BCUT2D eigenvalue weighted by Gasteiger charge is -2.42. The number of carboxylic acids is 1. The number of aromatic nitrogens is 1. The number of aromatic amines is 1. The molecule has 56 heteroatoms. The number of benzene rings is 2. The van der Waals surface area contributed by atoms with Crippen LogP contribution < -0.4 is 131 Å². The lowest BCUT2D eigenvalue weighted by molar-refractivity contribution is -0.158. The molecule has 4 aliphatic heterocycles. The van der Waals surface area contributed by atoms with E-state index < -0.39 is 278 Å². The van der Waals surface area contributed by atoms with Gasteiger partial charge >= 0.3 is 5.97 Å². The van der Waals surface area contributed by atoms with Crippen molar-refractivity contribution in [3.8, 4) is 0 Å².